The zero-order valence-electron chi connectivity index (χ0n) is 6.06. The second-order valence-corrected chi connectivity index (χ2v) is 3.06. The third-order valence-corrected chi connectivity index (χ3v) is 2.29. The van der Waals surface area contributed by atoms with E-state index in [1.807, 2.05) is 12.1 Å². The number of carbonyl (C=O) groups is 1. The summed E-state index contributed by atoms with van der Waals surface area (Å²) in [4.78, 5) is 14.2. The maximum absolute atomic E-state index is 10.1. The van der Waals surface area contributed by atoms with Crippen LogP contribution in [0.4, 0.5) is 0 Å². The van der Waals surface area contributed by atoms with E-state index >= 15 is 0 Å². The van der Waals surface area contributed by atoms with E-state index in [-0.39, 0.29) is 0 Å². The van der Waals surface area contributed by atoms with E-state index in [2.05, 4.69) is 4.98 Å². The minimum Gasteiger partial charge on any atom is -0.426 e. The van der Waals surface area contributed by atoms with Crippen molar-refractivity contribution < 1.29 is 9.53 Å². The number of rotatable bonds is 2. The van der Waals surface area contributed by atoms with Gasteiger partial charge in [-0.2, -0.15) is 0 Å². The number of nitrogens with zero attached hydrogens (tertiary/aromatic N) is 1. The van der Waals surface area contributed by atoms with Crippen LogP contribution in [0.2, 0.25) is 0 Å². The summed E-state index contributed by atoms with van der Waals surface area (Å²) in [6.45, 7) is 0.411. The molecule has 0 aliphatic rings. The van der Waals surface area contributed by atoms with Crippen molar-refractivity contribution in [1.82, 2.24) is 4.98 Å². The summed E-state index contributed by atoms with van der Waals surface area (Å²) in [6, 6.07) is 5.49. The highest BCUT2D eigenvalue weighted by Crippen LogP contribution is 2.26. The average Bonchev–Trinajstić information content (AvgIpc) is 2.53. The van der Waals surface area contributed by atoms with Gasteiger partial charge < -0.3 is 4.74 Å². The molecule has 2 rings (SSSR count). The number of para-hydroxylation sites is 1. The lowest BCUT2D eigenvalue weighted by atomic mass is 10.3. The zero-order chi connectivity index (χ0) is 8.39. The number of hydrogen-bond donors (Lipinski definition) is 0. The molecule has 0 radical (unpaired) electrons. The van der Waals surface area contributed by atoms with Crippen LogP contribution in [0.5, 0.6) is 5.75 Å². The SMILES string of the molecule is O=COc1cccc2scnc12. The summed E-state index contributed by atoms with van der Waals surface area (Å²) in [5.41, 5.74) is 2.47. The lowest BCUT2D eigenvalue weighted by molar-refractivity contribution is -0.120. The van der Waals surface area contributed by atoms with Crippen LogP contribution in [0.25, 0.3) is 10.2 Å². The van der Waals surface area contributed by atoms with Gasteiger partial charge >= 0.3 is 0 Å². The first-order chi connectivity index (χ1) is 5.92. The standard InChI is InChI=1S/C8H5NO2S/c10-5-11-6-2-1-3-7-8(6)9-4-12-7/h1-5H. The Balaban J connectivity index is 2.65. The fourth-order valence-corrected chi connectivity index (χ4v) is 1.70. The summed E-state index contributed by atoms with van der Waals surface area (Å²) < 4.78 is 5.76. The molecule has 60 valence electrons. The molecular weight excluding hydrogens is 174 g/mol. The average molecular weight is 179 g/mol. The Morgan fingerprint density at radius 2 is 2.42 bits per heavy atom. The Morgan fingerprint density at radius 3 is 3.25 bits per heavy atom. The molecule has 0 spiro atoms. The third kappa shape index (κ3) is 1.06. The Kier molecular flexibility index (Phi) is 1.75. The molecule has 1 aromatic heterocycles. The van der Waals surface area contributed by atoms with E-state index in [9.17, 15) is 4.79 Å². The molecule has 0 unspecified atom stereocenters. The fraction of sp³-hybridized carbons (Fsp3) is 0. The number of fused-ring (bicyclic) bond motifs is 1. The van der Waals surface area contributed by atoms with Crippen molar-refractivity contribution in [1.29, 1.82) is 0 Å². The number of thiazole rings is 1. The van der Waals surface area contributed by atoms with Crippen LogP contribution in [0, 0.1) is 0 Å². The Morgan fingerprint density at radius 1 is 1.50 bits per heavy atom. The predicted octanol–water partition coefficient (Wildman–Crippen LogP) is 1.83. The Bertz CT molecular complexity index is 410. The highest BCUT2D eigenvalue weighted by molar-refractivity contribution is 7.16. The van der Waals surface area contributed by atoms with Gasteiger partial charge in [-0.05, 0) is 12.1 Å². The molecule has 0 atom stereocenters. The highest BCUT2D eigenvalue weighted by Gasteiger charge is 2.02. The van der Waals surface area contributed by atoms with Gasteiger partial charge in [0.15, 0.2) is 5.75 Å². The lowest BCUT2D eigenvalue weighted by Gasteiger charge is -1.96. The van der Waals surface area contributed by atoms with Gasteiger partial charge in [0.25, 0.3) is 6.47 Å². The highest BCUT2D eigenvalue weighted by atomic mass is 32.1. The summed E-state index contributed by atoms with van der Waals surface area (Å²) in [6.07, 6.45) is 0. The minimum absolute atomic E-state index is 0.411. The molecule has 1 heterocycles. The van der Waals surface area contributed by atoms with Gasteiger partial charge in [-0.15, -0.1) is 11.3 Å². The fourth-order valence-electron chi connectivity index (χ4n) is 1.01. The van der Waals surface area contributed by atoms with Crippen LogP contribution >= 0.6 is 11.3 Å². The molecule has 0 bridgehead atoms. The van der Waals surface area contributed by atoms with Crippen LogP contribution in [0.3, 0.4) is 0 Å². The van der Waals surface area contributed by atoms with Crippen molar-refractivity contribution in [3.8, 4) is 5.75 Å². The van der Waals surface area contributed by atoms with Crippen molar-refractivity contribution in [2.24, 2.45) is 0 Å². The van der Waals surface area contributed by atoms with Gasteiger partial charge in [-0.1, -0.05) is 6.07 Å². The third-order valence-electron chi connectivity index (χ3n) is 1.50. The number of ether oxygens (including phenoxy) is 1. The van der Waals surface area contributed by atoms with Crippen molar-refractivity contribution in [2.45, 2.75) is 0 Å². The van der Waals surface area contributed by atoms with Gasteiger partial charge in [0.2, 0.25) is 0 Å². The molecule has 0 saturated carbocycles. The van der Waals surface area contributed by atoms with Crippen LogP contribution in [0.1, 0.15) is 0 Å². The summed E-state index contributed by atoms with van der Waals surface area (Å²) >= 11 is 1.52. The second kappa shape index (κ2) is 2.91. The number of carbonyl (C=O) groups excluding carboxylic acids is 1. The monoisotopic (exact) mass is 179 g/mol. The van der Waals surface area contributed by atoms with Crippen LogP contribution in [-0.2, 0) is 4.79 Å². The number of benzene rings is 1. The van der Waals surface area contributed by atoms with Crippen molar-refractivity contribution in [3.63, 3.8) is 0 Å². The molecule has 3 nitrogen and oxygen atoms in total. The largest absolute Gasteiger partial charge is 0.426 e. The summed E-state index contributed by atoms with van der Waals surface area (Å²) in [5.74, 6) is 0.517. The van der Waals surface area contributed by atoms with E-state index in [1.54, 1.807) is 11.6 Å². The van der Waals surface area contributed by atoms with Crippen molar-refractivity contribution in [2.75, 3.05) is 0 Å². The van der Waals surface area contributed by atoms with Gasteiger partial charge in [0.1, 0.15) is 5.52 Å². The number of hydrogen-bond acceptors (Lipinski definition) is 4. The molecule has 0 N–H and O–H groups in total. The van der Waals surface area contributed by atoms with E-state index < -0.39 is 0 Å². The van der Waals surface area contributed by atoms with Gasteiger partial charge in [-0.25, -0.2) is 4.98 Å². The second-order valence-electron chi connectivity index (χ2n) is 2.17. The lowest BCUT2D eigenvalue weighted by Crippen LogP contribution is -1.88. The first-order valence-corrected chi connectivity index (χ1v) is 4.22. The predicted molar refractivity (Wildman–Crippen MR) is 46.3 cm³/mol. The number of aromatic nitrogens is 1. The molecule has 2 aromatic rings. The topological polar surface area (TPSA) is 39.2 Å². The Hall–Kier alpha value is -1.42. The maximum Gasteiger partial charge on any atom is 0.298 e. The van der Waals surface area contributed by atoms with E-state index in [4.69, 9.17) is 4.74 Å². The maximum atomic E-state index is 10.1. The van der Waals surface area contributed by atoms with Gasteiger partial charge in [0, 0.05) is 0 Å². The summed E-state index contributed by atoms with van der Waals surface area (Å²) in [7, 11) is 0. The minimum atomic E-state index is 0.411. The molecule has 4 heteroatoms. The van der Waals surface area contributed by atoms with Crippen molar-refractivity contribution in [3.05, 3.63) is 23.7 Å². The van der Waals surface area contributed by atoms with Crippen molar-refractivity contribution >= 4 is 28.0 Å². The van der Waals surface area contributed by atoms with Crippen LogP contribution in [0.15, 0.2) is 23.7 Å². The molecule has 0 fully saturated rings. The molecule has 0 amide bonds. The first kappa shape index (κ1) is 7.24. The van der Waals surface area contributed by atoms with Crippen LogP contribution in [-0.4, -0.2) is 11.5 Å². The molecular formula is C8H5NO2S. The Labute approximate surface area is 72.6 Å². The van der Waals surface area contributed by atoms with Crippen LogP contribution < -0.4 is 4.74 Å². The molecule has 1 aromatic carbocycles. The molecule has 0 aliphatic carbocycles. The smallest absolute Gasteiger partial charge is 0.298 e. The van der Waals surface area contributed by atoms with E-state index in [0.29, 0.717) is 12.2 Å². The van der Waals surface area contributed by atoms with E-state index in [1.165, 1.54) is 11.3 Å². The zero-order valence-corrected chi connectivity index (χ0v) is 6.88. The molecule has 12 heavy (non-hydrogen) atoms. The van der Waals surface area contributed by atoms with Gasteiger partial charge in [0.05, 0.1) is 10.2 Å². The summed E-state index contributed by atoms with van der Waals surface area (Å²) in [5, 5.41) is 0. The molecule has 0 aliphatic heterocycles. The van der Waals surface area contributed by atoms with Gasteiger partial charge in [-0.3, -0.25) is 4.79 Å². The normalized spacial score (nSPS) is 10.0. The first-order valence-electron chi connectivity index (χ1n) is 3.34. The van der Waals surface area contributed by atoms with E-state index in [0.717, 1.165) is 10.2 Å². The quantitative estimate of drug-likeness (QED) is 0.660. The molecule has 0 saturated heterocycles.